The van der Waals surface area contributed by atoms with E-state index in [1.165, 1.54) is 12.1 Å². The summed E-state index contributed by atoms with van der Waals surface area (Å²) in [5.41, 5.74) is 6.07. The largest absolute Gasteiger partial charge is 0.399 e. The summed E-state index contributed by atoms with van der Waals surface area (Å²) in [6.45, 7) is 1.83. The smallest absolute Gasteiger partial charge is 0.240 e. The van der Waals surface area contributed by atoms with Gasteiger partial charge in [0, 0.05) is 12.2 Å². The summed E-state index contributed by atoms with van der Waals surface area (Å²) in [7, 11) is -3.59. The maximum Gasteiger partial charge on any atom is 0.240 e. The third-order valence-corrected chi connectivity index (χ3v) is 5.08. The summed E-state index contributed by atoms with van der Waals surface area (Å²) in [6.07, 6.45) is 3.19. The summed E-state index contributed by atoms with van der Waals surface area (Å²) in [4.78, 5) is 0.181. The summed E-state index contributed by atoms with van der Waals surface area (Å²) >= 11 is 0. The van der Waals surface area contributed by atoms with E-state index in [1.54, 1.807) is 13.0 Å². The van der Waals surface area contributed by atoms with E-state index in [1.807, 2.05) is 0 Å². The molecule has 0 bridgehead atoms. The van der Waals surface area contributed by atoms with Crippen LogP contribution in [0.2, 0.25) is 0 Å². The highest BCUT2D eigenvalue weighted by molar-refractivity contribution is 7.89. The standard InChI is InChI=1S/C13H20N2O3S/c1-10-8-11(4-5-12(10)14)19(17,18)15-9-13(16)6-2-3-7-13/h4-5,8,15-16H,2-3,6-7,9,14H2,1H3. The highest BCUT2D eigenvalue weighted by Crippen LogP contribution is 2.29. The van der Waals surface area contributed by atoms with Crippen LogP contribution in [0.4, 0.5) is 5.69 Å². The molecule has 106 valence electrons. The Kier molecular flexibility index (Phi) is 3.85. The molecule has 0 radical (unpaired) electrons. The number of aryl methyl sites for hydroxylation is 1. The van der Waals surface area contributed by atoms with Gasteiger partial charge < -0.3 is 10.8 Å². The molecule has 19 heavy (non-hydrogen) atoms. The van der Waals surface area contributed by atoms with Gasteiger partial charge in [0.25, 0.3) is 0 Å². The number of anilines is 1. The minimum Gasteiger partial charge on any atom is -0.399 e. The van der Waals surface area contributed by atoms with Crippen molar-refractivity contribution in [2.24, 2.45) is 0 Å². The molecule has 0 aliphatic heterocycles. The van der Waals surface area contributed by atoms with Crippen molar-refractivity contribution in [3.05, 3.63) is 23.8 Å². The second kappa shape index (κ2) is 5.11. The average molecular weight is 284 g/mol. The van der Waals surface area contributed by atoms with Gasteiger partial charge >= 0.3 is 0 Å². The summed E-state index contributed by atoms with van der Waals surface area (Å²) < 4.78 is 26.7. The molecule has 1 aliphatic carbocycles. The lowest BCUT2D eigenvalue weighted by molar-refractivity contribution is 0.0532. The fourth-order valence-corrected chi connectivity index (χ4v) is 3.54. The molecule has 1 saturated carbocycles. The lowest BCUT2D eigenvalue weighted by atomic mass is 10.0. The Labute approximate surface area is 113 Å². The monoisotopic (exact) mass is 284 g/mol. The Morgan fingerprint density at radius 3 is 2.58 bits per heavy atom. The van der Waals surface area contributed by atoms with Gasteiger partial charge in [0.15, 0.2) is 0 Å². The van der Waals surface area contributed by atoms with Crippen LogP contribution in [0.15, 0.2) is 23.1 Å². The minimum absolute atomic E-state index is 0.0682. The molecule has 0 saturated heterocycles. The van der Waals surface area contributed by atoms with Gasteiger partial charge in [0.1, 0.15) is 0 Å². The normalized spacial score (nSPS) is 18.6. The van der Waals surface area contributed by atoms with Gasteiger partial charge in [-0.25, -0.2) is 13.1 Å². The van der Waals surface area contributed by atoms with Crippen molar-refractivity contribution < 1.29 is 13.5 Å². The zero-order chi connectivity index (χ0) is 14.1. The van der Waals surface area contributed by atoms with Gasteiger partial charge in [-0.2, -0.15) is 0 Å². The van der Waals surface area contributed by atoms with Crippen LogP contribution in [0.1, 0.15) is 31.2 Å². The first kappa shape index (κ1) is 14.3. The molecule has 2 rings (SSSR count). The number of hydrogen-bond donors (Lipinski definition) is 3. The lowest BCUT2D eigenvalue weighted by Gasteiger charge is -2.22. The molecule has 0 atom stereocenters. The van der Waals surface area contributed by atoms with Gasteiger partial charge in [0.2, 0.25) is 10.0 Å². The van der Waals surface area contributed by atoms with E-state index in [0.717, 1.165) is 18.4 Å². The fourth-order valence-electron chi connectivity index (χ4n) is 2.34. The third-order valence-electron chi connectivity index (χ3n) is 3.68. The number of nitrogens with one attached hydrogen (secondary N) is 1. The van der Waals surface area contributed by atoms with Crippen molar-refractivity contribution in [3.8, 4) is 0 Å². The molecular weight excluding hydrogens is 264 g/mol. The molecule has 0 unspecified atom stereocenters. The van der Waals surface area contributed by atoms with Crippen LogP contribution in [0, 0.1) is 6.92 Å². The van der Waals surface area contributed by atoms with Crippen molar-refractivity contribution in [1.29, 1.82) is 0 Å². The van der Waals surface area contributed by atoms with E-state index in [4.69, 9.17) is 5.73 Å². The lowest BCUT2D eigenvalue weighted by Crippen LogP contribution is -2.40. The molecule has 5 nitrogen and oxygen atoms in total. The van der Waals surface area contributed by atoms with E-state index in [9.17, 15) is 13.5 Å². The van der Waals surface area contributed by atoms with Gasteiger partial charge in [0.05, 0.1) is 10.5 Å². The van der Waals surface area contributed by atoms with E-state index in [-0.39, 0.29) is 11.4 Å². The van der Waals surface area contributed by atoms with Crippen LogP contribution >= 0.6 is 0 Å². The predicted octanol–water partition coefficient (Wildman–Crippen LogP) is 1.16. The highest BCUT2D eigenvalue weighted by Gasteiger charge is 2.32. The molecular formula is C13H20N2O3S. The molecule has 6 heteroatoms. The Bertz CT molecular complexity index is 563. The predicted molar refractivity (Wildman–Crippen MR) is 74.2 cm³/mol. The number of sulfonamides is 1. The van der Waals surface area contributed by atoms with E-state index < -0.39 is 15.6 Å². The minimum atomic E-state index is -3.59. The van der Waals surface area contributed by atoms with Crippen molar-refractivity contribution in [3.63, 3.8) is 0 Å². The number of nitrogen functional groups attached to an aromatic ring is 1. The van der Waals surface area contributed by atoms with E-state index >= 15 is 0 Å². The first-order chi connectivity index (χ1) is 8.82. The van der Waals surface area contributed by atoms with E-state index in [2.05, 4.69) is 4.72 Å². The van der Waals surface area contributed by atoms with Gasteiger partial charge in [-0.05, 0) is 43.5 Å². The Balaban J connectivity index is 2.11. The number of hydrogen-bond acceptors (Lipinski definition) is 4. The van der Waals surface area contributed by atoms with Crippen LogP contribution in [-0.2, 0) is 10.0 Å². The third kappa shape index (κ3) is 3.26. The molecule has 0 amide bonds. The molecule has 0 aromatic heterocycles. The van der Waals surface area contributed by atoms with Crippen LogP contribution in [0.3, 0.4) is 0 Å². The van der Waals surface area contributed by atoms with E-state index in [0.29, 0.717) is 18.5 Å². The zero-order valence-electron chi connectivity index (χ0n) is 11.0. The SMILES string of the molecule is Cc1cc(S(=O)(=O)NCC2(O)CCCC2)ccc1N. The number of nitrogens with two attached hydrogens (primary N) is 1. The molecule has 1 aliphatic rings. The van der Waals surface area contributed by atoms with Gasteiger partial charge in [-0.15, -0.1) is 0 Å². The molecule has 0 heterocycles. The Hall–Kier alpha value is -1.11. The van der Waals surface area contributed by atoms with Crippen LogP contribution in [-0.4, -0.2) is 25.7 Å². The van der Waals surface area contributed by atoms with Crippen molar-refractivity contribution in [2.45, 2.75) is 43.1 Å². The van der Waals surface area contributed by atoms with Crippen molar-refractivity contribution in [2.75, 3.05) is 12.3 Å². The average Bonchev–Trinajstić information content (AvgIpc) is 2.78. The maximum atomic E-state index is 12.1. The van der Waals surface area contributed by atoms with Crippen molar-refractivity contribution >= 4 is 15.7 Å². The quantitative estimate of drug-likeness (QED) is 0.723. The summed E-state index contributed by atoms with van der Waals surface area (Å²) in [5, 5.41) is 10.2. The highest BCUT2D eigenvalue weighted by atomic mass is 32.2. The van der Waals surface area contributed by atoms with Crippen LogP contribution in [0.5, 0.6) is 0 Å². The topological polar surface area (TPSA) is 92.4 Å². The first-order valence-corrected chi connectivity index (χ1v) is 7.89. The molecule has 1 aromatic rings. The molecule has 1 aromatic carbocycles. The molecule has 1 fully saturated rings. The fraction of sp³-hybridized carbons (Fsp3) is 0.538. The van der Waals surface area contributed by atoms with Crippen LogP contribution in [0.25, 0.3) is 0 Å². The molecule has 0 spiro atoms. The summed E-state index contributed by atoms with van der Waals surface area (Å²) in [5.74, 6) is 0. The van der Waals surface area contributed by atoms with Crippen molar-refractivity contribution in [1.82, 2.24) is 4.72 Å². The maximum absolute atomic E-state index is 12.1. The second-order valence-corrected chi connectivity index (χ2v) is 7.04. The molecule has 4 N–H and O–H groups in total. The summed E-state index contributed by atoms with van der Waals surface area (Å²) in [6, 6.07) is 4.59. The first-order valence-electron chi connectivity index (χ1n) is 6.41. The second-order valence-electron chi connectivity index (χ2n) is 5.27. The zero-order valence-corrected chi connectivity index (χ0v) is 11.8. The Morgan fingerprint density at radius 1 is 1.37 bits per heavy atom. The number of aliphatic hydroxyl groups is 1. The number of rotatable bonds is 4. The van der Waals surface area contributed by atoms with Crippen LogP contribution < -0.4 is 10.5 Å². The Morgan fingerprint density at radius 2 is 2.00 bits per heavy atom. The van der Waals surface area contributed by atoms with Gasteiger partial charge in [-0.3, -0.25) is 0 Å². The van der Waals surface area contributed by atoms with Gasteiger partial charge in [-0.1, -0.05) is 12.8 Å². The number of benzene rings is 1.